The summed E-state index contributed by atoms with van der Waals surface area (Å²) in [7, 11) is 0. The van der Waals surface area contributed by atoms with E-state index >= 15 is 0 Å². The second-order valence-electron chi connectivity index (χ2n) is 9.05. The van der Waals surface area contributed by atoms with Crippen molar-refractivity contribution < 1.29 is 19.4 Å². The smallest absolute Gasteiger partial charge is 0.301 e. The quantitative estimate of drug-likeness (QED) is 0.327. The lowest BCUT2D eigenvalue weighted by Gasteiger charge is -2.23. The maximum absolute atomic E-state index is 13.3. The van der Waals surface area contributed by atoms with E-state index in [-0.39, 0.29) is 17.4 Å². The number of rotatable bonds is 4. The Hall–Kier alpha value is -3.52. The molecule has 1 N–H and O–H groups in total. The van der Waals surface area contributed by atoms with Crippen LogP contribution in [0.5, 0.6) is 5.75 Å². The maximum atomic E-state index is 13.3. The first kappa shape index (κ1) is 22.3. The highest BCUT2D eigenvalue weighted by Gasteiger charge is 2.48. The topological polar surface area (TPSA) is 92.6 Å². The molecule has 0 aliphatic carbocycles. The Morgan fingerprint density at radius 3 is 2.53 bits per heavy atom. The summed E-state index contributed by atoms with van der Waals surface area (Å²) in [5.74, 6) is -0.568. The average molecular weight is 476 g/mol. The number of hydrogen-bond acceptors (Lipinski definition) is 7. The van der Waals surface area contributed by atoms with E-state index in [9.17, 15) is 14.7 Å². The van der Waals surface area contributed by atoms with E-state index in [2.05, 4.69) is 24.0 Å². The summed E-state index contributed by atoms with van der Waals surface area (Å²) in [6.07, 6.45) is 0.771. The zero-order chi connectivity index (χ0) is 24.1. The summed E-state index contributed by atoms with van der Waals surface area (Å²) in [5.41, 5.74) is 3.34. The molecule has 3 heterocycles. The van der Waals surface area contributed by atoms with Gasteiger partial charge in [0.25, 0.3) is 5.78 Å². The van der Waals surface area contributed by atoms with E-state index in [1.54, 1.807) is 19.1 Å². The second kappa shape index (κ2) is 8.36. The summed E-state index contributed by atoms with van der Waals surface area (Å²) < 4.78 is 5.76. The number of carbonyl (C=O) groups is 2. The minimum absolute atomic E-state index is 0.0436. The number of Topliss-reactive ketones (excluding diaryl/α,β-unsaturated/α-hetero) is 1. The third-order valence-corrected chi connectivity index (χ3v) is 7.09. The molecule has 8 heteroatoms. The van der Waals surface area contributed by atoms with E-state index in [0.29, 0.717) is 21.6 Å². The minimum Gasteiger partial charge on any atom is -0.507 e. The fourth-order valence-corrected chi connectivity index (χ4v) is 5.23. The van der Waals surface area contributed by atoms with Crippen molar-refractivity contribution in [1.29, 1.82) is 0 Å². The van der Waals surface area contributed by atoms with Crippen molar-refractivity contribution in [3.63, 3.8) is 0 Å². The van der Waals surface area contributed by atoms with Gasteiger partial charge in [-0.05, 0) is 54.7 Å². The van der Waals surface area contributed by atoms with E-state index < -0.39 is 17.7 Å². The van der Waals surface area contributed by atoms with E-state index in [4.69, 9.17) is 4.74 Å². The molecule has 1 saturated heterocycles. The molecule has 34 heavy (non-hydrogen) atoms. The Bertz CT molecular complexity index is 1330. The molecule has 0 saturated carbocycles. The number of nitrogens with zero attached hydrogens (tertiary/aromatic N) is 3. The highest BCUT2D eigenvalue weighted by molar-refractivity contribution is 7.15. The number of ether oxygens (including phenoxy) is 1. The van der Waals surface area contributed by atoms with Gasteiger partial charge in [0.2, 0.25) is 5.13 Å². The number of aromatic nitrogens is 2. The van der Waals surface area contributed by atoms with Crippen LogP contribution in [0.3, 0.4) is 0 Å². The van der Waals surface area contributed by atoms with Gasteiger partial charge in [-0.3, -0.25) is 14.5 Å². The Kier molecular flexibility index (Phi) is 5.48. The zero-order valence-electron chi connectivity index (χ0n) is 19.4. The number of carbonyl (C=O) groups excluding carboxylic acids is 2. The summed E-state index contributed by atoms with van der Waals surface area (Å²) >= 11 is 1.23. The fraction of sp³-hybridized carbons (Fsp3) is 0.308. The first-order chi connectivity index (χ1) is 16.2. The average Bonchev–Trinajstić information content (AvgIpc) is 3.48. The molecule has 1 fully saturated rings. The number of amides is 1. The molecular weight excluding hydrogens is 450 g/mol. The van der Waals surface area contributed by atoms with Gasteiger partial charge >= 0.3 is 5.91 Å². The molecule has 2 aliphatic rings. The van der Waals surface area contributed by atoms with Crippen LogP contribution in [0.15, 0.2) is 48.0 Å². The van der Waals surface area contributed by atoms with Gasteiger partial charge in [0.15, 0.2) is 0 Å². The predicted octanol–water partition coefficient (Wildman–Crippen LogP) is 4.92. The molecule has 0 radical (unpaired) electrons. The minimum atomic E-state index is -0.808. The van der Waals surface area contributed by atoms with Gasteiger partial charge in [-0.15, -0.1) is 10.2 Å². The molecule has 3 aromatic rings. The molecule has 5 rings (SSSR count). The normalized spacial score (nSPS) is 21.3. The second-order valence-corrected chi connectivity index (χ2v) is 10.2. The molecule has 0 bridgehead atoms. The number of aryl methyl sites for hydroxylation is 1. The van der Waals surface area contributed by atoms with Gasteiger partial charge in [0.05, 0.1) is 11.6 Å². The third-order valence-electron chi connectivity index (χ3n) is 6.25. The fourth-order valence-electron chi connectivity index (χ4n) is 4.52. The van der Waals surface area contributed by atoms with Crippen LogP contribution in [-0.4, -0.2) is 33.1 Å². The standard InChI is InChI=1S/C26H25N3O4S/c1-13(2)16-5-7-17(8-6-16)22-21(24(31)25(32)29(22)26-28-27-15(4)34-26)23(30)18-9-10-20-19(12-18)11-14(3)33-20/h5-10,12-14,22,30H,11H2,1-4H3/b23-21+/t14-,22-/m0/s1. The lowest BCUT2D eigenvalue weighted by molar-refractivity contribution is -0.132. The molecule has 0 spiro atoms. The number of hydrogen-bond donors (Lipinski definition) is 1. The molecule has 1 amide bonds. The van der Waals surface area contributed by atoms with Crippen molar-refractivity contribution in [2.45, 2.75) is 52.2 Å². The van der Waals surface area contributed by atoms with Crippen LogP contribution in [0, 0.1) is 6.92 Å². The van der Waals surface area contributed by atoms with Crippen molar-refractivity contribution in [1.82, 2.24) is 10.2 Å². The van der Waals surface area contributed by atoms with Crippen LogP contribution < -0.4 is 9.64 Å². The van der Waals surface area contributed by atoms with Crippen molar-refractivity contribution in [2.75, 3.05) is 4.90 Å². The van der Waals surface area contributed by atoms with E-state index in [1.165, 1.54) is 16.2 Å². The molecule has 1 aromatic heterocycles. The largest absolute Gasteiger partial charge is 0.507 e. The Morgan fingerprint density at radius 2 is 1.88 bits per heavy atom. The molecule has 7 nitrogen and oxygen atoms in total. The first-order valence-electron chi connectivity index (χ1n) is 11.3. The monoisotopic (exact) mass is 475 g/mol. The van der Waals surface area contributed by atoms with Gasteiger partial charge in [0, 0.05) is 12.0 Å². The first-order valence-corrected chi connectivity index (χ1v) is 12.1. The lowest BCUT2D eigenvalue weighted by atomic mass is 9.93. The number of ketones is 1. The molecule has 174 valence electrons. The number of aliphatic hydroxyl groups excluding tert-OH is 1. The zero-order valence-corrected chi connectivity index (χ0v) is 20.2. The maximum Gasteiger partial charge on any atom is 0.301 e. The van der Waals surface area contributed by atoms with Crippen LogP contribution in [0.2, 0.25) is 0 Å². The lowest BCUT2D eigenvalue weighted by Crippen LogP contribution is -2.29. The Morgan fingerprint density at radius 1 is 1.15 bits per heavy atom. The van der Waals surface area contributed by atoms with Crippen molar-refractivity contribution in [3.05, 3.63) is 75.3 Å². The van der Waals surface area contributed by atoms with Crippen LogP contribution >= 0.6 is 11.3 Å². The molecule has 2 aliphatic heterocycles. The van der Waals surface area contributed by atoms with Crippen molar-refractivity contribution in [2.24, 2.45) is 0 Å². The van der Waals surface area contributed by atoms with E-state index in [1.807, 2.05) is 37.3 Å². The van der Waals surface area contributed by atoms with Crippen molar-refractivity contribution >= 4 is 33.9 Å². The number of benzene rings is 2. The molecule has 0 unspecified atom stereocenters. The highest BCUT2D eigenvalue weighted by atomic mass is 32.1. The van der Waals surface area contributed by atoms with Gasteiger partial charge in [-0.1, -0.05) is 49.4 Å². The van der Waals surface area contributed by atoms with Gasteiger partial charge in [-0.25, -0.2) is 0 Å². The van der Waals surface area contributed by atoms with Crippen LogP contribution in [0.4, 0.5) is 5.13 Å². The molecular formula is C26H25N3O4S. The third kappa shape index (κ3) is 3.68. The number of fused-ring (bicyclic) bond motifs is 1. The van der Waals surface area contributed by atoms with Gasteiger partial charge in [-0.2, -0.15) is 0 Å². The van der Waals surface area contributed by atoms with Crippen LogP contribution in [0.1, 0.15) is 60.0 Å². The van der Waals surface area contributed by atoms with E-state index in [0.717, 1.165) is 28.9 Å². The number of anilines is 1. The predicted molar refractivity (Wildman–Crippen MR) is 130 cm³/mol. The summed E-state index contributed by atoms with van der Waals surface area (Å²) in [6, 6.07) is 12.3. The van der Waals surface area contributed by atoms with Crippen LogP contribution in [0.25, 0.3) is 5.76 Å². The summed E-state index contributed by atoms with van der Waals surface area (Å²) in [4.78, 5) is 27.8. The van der Waals surface area contributed by atoms with Gasteiger partial charge < -0.3 is 9.84 Å². The number of aliphatic hydroxyl groups is 1. The SMILES string of the molecule is Cc1nnc(N2C(=O)C(=O)/C(=C(/O)c3ccc4c(c3)C[C@H](C)O4)[C@@H]2c2ccc(C(C)C)cc2)s1. The molecule has 2 aromatic carbocycles. The highest BCUT2D eigenvalue weighted by Crippen LogP contribution is 2.43. The van der Waals surface area contributed by atoms with Crippen molar-refractivity contribution in [3.8, 4) is 5.75 Å². The van der Waals surface area contributed by atoms with Crippen LogP contribution in [-0.2, 0) is 16.0 Å². The summed E-state index contributed by atoms with van der Waals surface area (Å²) in [6.45, 7) is 7.97. The Balaban J connectivity index is 1.67. The Labute approximate surface area is 201 Å². The molecule has 2 atom stereocenters. The van der Waals surface area contributed by atoms with Gasteiger partial charge in [0.1, 0.15) is 22.6 Å². The summed E-state index contributed by atoms with van der Waals surface area (Å²) in [5, 5.41) is 20.5.